The molecule has 0 spiro atoms. The summed E-state index contributed by atoms with van der Waals surface area (Å²) < 4.78 is 19.6. The van der Waals surface area contributed by atoms with Crippen LogP contribution in [-0.2, 0) is 11.4 Å². The summed E-state index contributed by atoms with van der Waals surface area (Å²) in [4.78, 5) is 11.8. The number of ether oxygens (including phenoxy) is 1. The predicted octanol–water partition coefficient (Wildman–Crippen LogP) is 1.72. The van der Waals surface area contributed by atoms with Crippen molar-refractivity contribution in [2.45, 2.75) is 38.1 Å². The molecule has 130 valence electrons. The highest BCUT2D eigenvalue weighted by atomic mass is 32.2. The van der Waals surface area contributed by atoms with Gasteiger partial charge >= 0.3 is 0 Å². The summed E-state index contributed by atoms with van der Waals surface area (Å²) in [5.74, 6) is 6.54. The van der Waals surface area contributed by atoms with Crippen molar-refractivity contribution < 1.29 is 13.9 Å². The van der Waals surface area contributed by atoms with Gasteiger partial charge in [0.05, 0.1) is 5.75 Å². The van der Waals surface area contributed by atoms with Crippen molar-refractivity contribution >= 4 is 17.7 Å². The molecule has 0 bridgehead atoms. The molecule has 1 aromatic heterocycles. The zero-order chi connectivity index (χ0) is 17.7. The van der Waals surface area contributed by atoms with E-state index in [4.69, 9.17) is 10.6 Å². The van der Waals surface area contributed by atoms with E-state index in [2.05, 4.69) is 15.5 Å². The first-order valence-corrected chi connectivity index (χ1v) is 8.25. The second-order valence-electron chi connectivity index (χ2n) is 6.10. The number of hydrogen-bond acceptors (Lipinski definition) is 6. The van der Waals surface area contributed by atoms with Crippen LogP contribution in [0.15, 0.2) is 29.4 Å². The predicted molar refractivity (Wildman–Crippen MR) is 89.5 cm³/mol. The molecule has 0 aliphatic heterocycles. The number of nitrogen functional groups attached to an aromatic ring is 1. The normalized spacial score (nSPS) is 11.3. The van der Waals surface area contributed by atoms with Gasteiger partial charge in [0.1, 0.15) is 18.2 Å². The minimum atomic E-state index is -0.337. The molecule has 0 aliphatic rings. The molecule has 2 aromatic rings. The number of hydrogen-bond donors (Lipinski definition) is 2. The van der Waals surface area contributed by atoms with Crippen molar-refractivity contribution in [3.8, 4) is 5.75 Å². The highest BCUT2D eigenvalue weighted by molar-refractivity contribution is 7.99. The first kappa shape index (κ1) is 18.1. The lowest BCUT2D eigenvalue weighted by Crippen LogP contribution is -2.41. The molecule has 0 fully saturated rings. The van der Waals surface area contributed by atoms with Crippen molar-refractivity contribution in [3.05, 3.63) is 35.9 Å². The third-order valence-corrected chi connectivity index (χ3v) is 3.71. The maximum atomic E-state index is 12.8. The quantitative estimate of drug-likeness (QED) is 0.606. The number of aromatic nitrogens is 3. The molecule has 3 N–H and O–H groups in total. The van der Waals surface area contributed by atoms with Gasteiger partial charge in [-0.3, -0.25) is 4.79 Å². The standard InChI is InChI=1S/C15H20FN5O2S/c1-15(2,3)18-13(22)9-24-14-20-19-12(21(14)17)8-23-11-6-4-10(16)5-7-11/h4-7H,8-9,17H2,1-3H3,(H,18,22). The maximum Gasteiger partial charge on any atom is 0.230 e. The lowest BCUT2D eigenvalue weighted by Gasteiger charge is -2.20. The topological polar surface area (TPSA) is 95.1 Å². The SMILES string of the molecule is CC(C)(C)NC(=O)CSc1nnc(COc2ccc(F)cc2)n1N. The van der Waals surface area contributed by atoms with Crippen molar-refractivity contribution in [1.82, 2.24) is 20.2 Å². The maximum absolute atomic E-state index is 12.8. The number of amides is 1. The highest BCUT2D eigenvalue weighted by Gasteiger charge is 2.16. The van der Waals surface area contributed by atoms with E-state index in [1.807, 2.05) is 20.8 Å². The van der Waals surface area contributed by atoms with Crippen LogP contribution in [0.4, 0.5) is 4.39 Å². The molecule has 0 aliphatic carbocycles. The second kappa shape index (κ2) is 7.52. The van der Waals surface area contributed by atoms with Crippen molar-refractivity contribution in [1.29, 1.82) is 0 Å². The summed E-state index contributed by atoms with van der Waals surface area (Å²) in [5, 5.41) is 11.1. The van der Waals surface area contributed by atoms with E-state index < -0.39 is 0 Å². The summed E-state index contributed by atoms with van der Waals surface area (Å²) in [6, 6.07) is 5.63. The fourth-order valence-electron chi connectivity index (χ4n) is 1.77. The Bertz CT molecular complexity index is 697. The van der Waals surface area contributed by atoms with E-state index in [0.717, 1.165) is 0 Å². The van der Waals surface area contributed by atoms with E-state index in [1.54, 1.807) is 0 Å². The smallest absolute Gasteiger partial charge is 0.230 e. The average molecular weight is 353 g/mol. The summed E-state index contributed by atoms with van der Waals surface area (Å²) in [6.07, 6.45) is 0. The number of rotatable bonds is 6. The van der Waals surface area contributed by atoms with Crippen LogP contribution in [0.25, 0.3) is 0 Å². The zero-order valence-corrected chi connectivity index (χ0v) is 14.6. The number of nitrogens with one attached hydrogen (secondary N) is 1. The zero-order valence-electron chi connectivity index (χ0n) is 13.7. The summed E-state index contributed by atoms with van der Waals surface area (Å²) >= 11 is 1.19. The van der Waals surface area contributed by atoms with Gasteiger partial charge < -0.3 is 15.9 Å². The lowest BCUT2D eigenvalue weighted by molar-refractivity contribution is -0.119. The van der Waals surface area contributed by atoms with Crippen LogP contribution in [0.2, 0.25) is 0 Å². The van der Waals surface area contributed by atoms with Crippen LogP contribution in [-0.4, -0.2) is 32.1 Å². The molecule has 7 nitrogen and oxygen atoms in total. The Balaban J connectivity index is 1.88. The van der Waals surface area contributed by atoms with Gasteiger partial charge in [-0.15, -0.1) is 10.2 Å². The molecule has 0 saturated carbocycles. The Kier molecular flexibility index (Phi) is 5.66. The molecule has 0 unspecified atom stereocenters. The van der Waals surface area contributed by atoms with Gasteiger partial charge in [-0.05, 0) is 45.0 Å². The summed E-state index contributed by atoms with van der Waals surface area (Å²) in [7, 11) is 0. The number of nitrogens with two attached hydrogens (primary N) is 1. The minimum absolute atomic E-state index is 0.0872. The largest absolute Gasteiger partial charge is 0.486 e. The molecule has 1 aromatic carbocycles. The molecule has 1 amide bonds. The number of nitrogens with zero attached hydrogens (tertiary/aromatic N) is 3. The molecule has 0 saturated heterocycles. The lowest BCUT2D eigenvalue weighted by atomic mass is 10.1. The van der Waals surface area contributed by atoms with E-state index in [0.29, 0.717) is 16.7 Å². The first-order chi connectivity index (χ1) is 11.2. The molecule has 0 radical (unpaired) electrons. The Labute approximate surface area is 143 Å². The molecular weight excluding hydrogens is 333 g/mol. The number of carbonyl (C=O) groups is 1. The van der Waals surface area contributed by atoms with E-state index in [9.17, 15) is 9.18 Å². The van der Waals surface area contributed by atoms with E-state index >= 15 is 0 Å². The highest BCUT2D eigenvalue weighted by Crippen LogP contribution is 2.17. The number of benzene rings is 1. The van der Waals surface area contributed by atoms with Gasteiger partial charge in [0, 0.05) is 5.54 Å². The molecular formula is C15H20FN5O2S. The van der Waals surface area contributed by atoms with Gasteiger partial charge in [0.15, 0.2) is 5.82 Å². The Hall–Kier alpha value is -2.29. The van der Waals surface area contributed by atoms with Crippen LogP contribution in [0, 0.1) is 5.82 Å². The summed E-state index contributed by atoms with van der Waals surface area (Å²) in [6.45, 7) is 5.81. The van der Waals surface area contributed by atoms with Gasteiger partial charge in [0.25, 0.3) is 0 Å². The Morgan fingerprint density at radius 3 is 2.62 bits per heavy atom. The Morgan fingerprint density at radius 2 is 2.00 bits per heavy atom. The van der Waals surface area contributed by atoms with Crippen LogP contribution < -0.4 is 15.9 Å². The van der Waals surface area contributed by atoms with Gasteiger partial charge in [-0.1, -0.05) is 11.8 Å². The van der Waals surface area contributed by atoms with Crippen LogP contribution in [0.5, 0.6) is 5.75 Å². The van der Waals surface area contributed by atoms with Crippen LogP contribution in [0.3, 0.4) is 0 Å². The molecule has 24 heavy (non-hydrogen) atoms. The van der Waals surface area contributed by atoms with Gasteiger partial charge in [-0.25, -0.2) is 9.07 Å². The van der Waals surface area contributed by atoms with E-state index in [-0.39, 0.29) is 29.6 Å². The second-order valence-corrected chi connectivity index (χ2v) is 7.04. The fourth-order valence-corrected chi connectivity index (χ4v) is 2.44. The third-order valence-electron chi connectivity index (χ3n) is 2.76. The minimum Gasteiger partial charge on any atom is -0.486 e. The average Bonchev–Trinajstić information content (AvgIpc) is 2.83. The third kappa shape index (κ3) is 5.41. The van der Waals surface area contributed by atoms with E-state index in [1.165, 1.54) is 40.7 Å². The van der Waals surface area contributed by atoms with Crippen molar-refractivity contribution in [3.63, 3.8) is 0 Å². The number of thioether (sulfide) groups is 1. The monoisotopic (exact) mass is 353 g/mol. The first-order valence-electron chi connectivity index (χ1n) is 7.26. The Morgan fingerprint density at radius 1 is 1.33 bits per heavy atom. The summed E-state index contributed by atoms with van der Waals surface area (Å²) in [5.41, 5.74) is -0.289. The van der Waals surface area contributed by atoms with Crippen molar-refractivity contribution in [2.24, 2.45) is 0 Å². The molecule has 0 atom stereocenters. The van der Waals surface area contributed by atoms with Crippen LogP contribution >= 0.6 is 11.8 Å². The van der Waals surface area contributed by atoms with Gasteiger partial charge in [0.2, 0.25) is 11.1 Å². The number of carbonyl (C=O) groups excluding carboxylic acids is 1. The molecule has 2 rings (SSSR count). The van der Waals surface area contributed by atoms with Gasteiger partial charge in [-0.2, -0.15) is 0 Å². The molecule has 1 heterocycles. The van der Waals surface area contributed by atoms with Crippen LogP contribution in [0.1, 0.15) is 26.6 Å². The number of halogens is 1. The fraction of sp³-hybridized carbons (Fsp3) is 0.400. The molecule has 9 heteroatoms. The van der Waals surface area contributed by atoms with Crippen molar-refractivity contribution in [2.75, 3.05) is 11.6 Å².